The maximum atomic E-state index is 15.2. The summed E-state index contributed by atoms with van der Waals surface area (Å²) in [4.78, 5) is 27.9. The van der Waals surface area contributed by atoms with Crippen LogP contribution in [-0.2, 0) is 30.5 Å². The minimum Gasteiger partial charge on any atom is -0.497 e. The van der Waals surface area contributed by atoms with Gasteiger partial charge >= 0.3 is 53.3 Å². The third kappa shape index (κ3) is 12.2. The second-order valence-corrected chi connectivity index (χ2v) is 20.2. The Morgan fingerprint density at radius 2 is 1.15 bits per heavy atom. The van der Waals surface area contributed by atoms with Gasteiger partial charge in [-0.2, -0.15) is 79.9 Å². The molecule has 1 aliphatic rings. The predicted octanol–water partition coefficient (Wildman–Crippen LogP) is 12.8. The molecule has 80 heavy (non-hydrogen) atoms. The molecule has 0 spiro atoms. The van der Waals surface area contributed by atoms with Crippen LogP contribution in [0.1, 0.15) is 81.0 Å². The number of nitrogens with zero attached hydrogens (tertiary/aromatic N) is 3. The Morgan fingerprint density at radius 1 is 0.700 bits per heavy atom. The fourth-order valence-corrected chi connectivity index (χ4v) is 10.3. The minimum absolute atomic E-state index is 0.0304. The maximum Gasteiger partial charge on any atom is 0.460 e. The molecule has 0 amide bonds. The maximum absolute atomic E-state index is 15.2. The SMILES string of the molecule is COc1ccc(C(OCC2OC(n3cc(C)c(=O)[nH]c3=O)CC2OP(OCCC#N)N(C(C)C)C(C)C)(c2ccc(CCC(F)(F)C(F)(F)C(F)(F)C(F)(F)C(F)(F)C(F)(F)C(F)(F)C(F)(F)F)cc2)c2ccc(OC)cc2)cc1. The summed E-state index contributed by atoms with van der Waals surface area (Å²) in [5, 5.41) is 9.34. The molecule has 1 fully saturated rings. The first-order valence-electron chi connectivity index (χ1n) is 23.8. The normalized spacial score (nSPS) is 17.8. The van der Waals surface area contributed by atoms with Gasteiger partial charge < -0.3 is 28.0 Å². The number of aryl methyl sites for hydroxylation is 2. The lowest BCUT2D eigenvalue weighted by Crippen LogP contribution is -2.74. The first-order chi connectivity index (χ1) is 36.8. The van der Waals surface area contributed by atoms with E-state index in [1.807, 2.05) is 38.4 Å². The van der Waals surface area contributed by atoms with Crippen molar-refractivity contribution in [3.63, 3.8) is 0 Å². The number of nitriles is 1. The summed E-state index contributed by atoms with van der Waals surface area (Å²) < 4.78 is 279. The molecule has 4 aromatic rings. The van der Waals surface area contributed by atoms with Crippen LogP contribution < -0.4 is 20.7 Å². The molecule has 5 rings (SSSR count). The summed E-state index contributed by atoms with van der Waals surface area (Å²) in [6.07, 6.45) is -14.3. The number of aromatic nitrogens is 2. The number of hydrogen-bond acceptors (Lipinski definition) is 10. The van der Waals surface area contributed by atoms with Gasteiger partial charge in [0.2, 0.25) is 0 Å². The average Bonchev–Trinajstić information content (AvgIpc) is 3.93. The molecule has 4 unspecified atom stereocenters. The molecule has 1 aliphatic heterocycles. The van der Waals surface area contributed by atoms with Crippen LogP contribution in [0, 0.1) is 18.3 Å². The highest BCUT2D eigenvalue weighted by Crippen LogP contribution is 2.64. The van der Waals surface area contributed by atoms with Crippen molar-refractivity contribution in [1.29, 1.82) is 5.26 Å². The number of halogens is 17. The average molecular weight is 1190 g/mol. The zero-order valence-corrected chi connectivity index (χ0v) is 44.0. The van der Waals surface area contributed by atoms with Gasteiger partial charge in [0.15, 0.2) is 0 Å². The van der Waals surface area contributed by atoms with Crippen molar-refractivity contribution in [3.05, 3.63) is 128 Å². The van der Waals surface area contributed by atoms with E-state index < -0.39 is 116 Å². The van der Waals surface area contributed by atoms with E-state index in [4.69, 9.17) is 28.0 Å². The second kappa shape index (κ2) is 24.1. The number of benzene rings is 3. The molecule has 0 bridgehead atoms. The molecule has 0 saturated carbocycles. The molecule has 3 aromatic carbocycles. The van der Waals surface area contributed by atoms with Crippen molar-refractivity contribution in [2.24, 2.45) is 0 Å². The number of rotatable bonds is 26. The Labute approximate surface area is 446 Å². The van der Waals surface area contributed by atoms with Crippen molar-refractivity contribution < 1.29 is 103 Å². The van der Waals surface area contributed by atoms with Gasteiger partial charge in [-0.25, -0.2) is 9.46 Å². The quantitative estimate of drug-likeness (QED) is 0.0280. The van der Waals surface area contributed by atoms with Crippen LogP contribution in [0.5, 0.6) is 11.5 Å². The molecule has 444 valence electrons. The van der Waals surface area contributed by atoms with Crippen LogP contribution in [-0.4, -0.2) is 114 Å². The number of alkyl halides is 17. The van der Waals surface area contributed by atoms with Gasteiger partial charge in [-0.3, -0.25) is 14.3 Å². The van der Waals surface area contributed by atoms with Crippen molar-refractivity contribution in [2.45, 2.75) is 144 Å². The van der Waals surface area contributed by atoms with Gasteiger partial charge in [0.25, 0.3) is 14.1 Å². The molecule has 2 heterocycles. The minimum atomic E-state index is -8.75. The number of nitrogens with one attached hydrogen (secondary N) is 1. The van der Waals surface area contributed by atoms with Gasteiger partial charge in [0, 0.05) is 36.7 Å². The third-order valence-electron chi connectivity index (χ3n) is 12.9. The highest BCUT2D eigenvalue weighted by Gasteiger charge is 2.95. The number of ether oxygens (including phenoxy) is 4. The number of hydrogen-bond donors (Lipinski definition) is 1. The number of methoxy groups -OCH3 is 2. The summed E-state index contributed by atoms with van der Waals surface area (Å²) in [5.41, 5.74) is -3.29. The van der Waals surface area contributed by atoms with E-state index in [-0.39, 0.29) is 53.8 Å². The van der Waals surface area contributed by atoms with Crippen molar-refractivity contribution in [1.82, 2.24) is 14.2 Å². The molecule has 4 atom stereocenters. The van der Waals surface area contributed by atoms with Gasteiger partial charge in [0.1, 0.15) is 29.4 Å². The lowest BCUT2D eigenvalue weighted by Gasteiger charge is -2.42. The molecule has 0 radical (unpaired) electrons. The van der Waals surface area contributed by atoms with Crippen LogP contribution in [0.3, 0.4) is 0 Å². The van der Waals surface area contributed by atoms with E-state index in [2.05, 4.69) is 4.98 Å². The van der Waals surface area contributed by atoms with E-state index in [1.165, 1.54) is 75.9 Å². The fraction of sp³-hybridized carbons (Fsp3) is 0.540. The largest absolute Gasteiger partial charge is 0.497 e. The van der Waals surface area contributed by atoms with Crippen molar-refractivity contribution in [2.75, 3.05) is 27.4 Å². The van der Waals surface area contributed by atoms with E-state index in [0.29, 0.717) is 11.5 Å². The standard InChI is InChI=1S/C50H52F17N4O8P/c1-28(2)71(29(3)4)80(77-24-8-23-68)79-37-25-39(70-26-30(5)40(72)69-41(70)73)78-38(37)27-76-43(33-13-17-35(74-6)18-14-33,34-15-19-36(75-7)20-16-34)32-11-9-31(10-12-32)21-22-42(51,52)44(53,54)45(55,56)46(57,58)47(59,60)48(61,62)49(63,64)50(65,66)67/h9-20,26,28-29,37-39H,8,21-22,24-25,27H2,1-7H3,(H,69,72,73). The summed E-state index contributed by atoms with van der Waals surface area (Å²) in [6, 6.07) is 17.8. The first-order valence-corrected chi connectivity index (χ1v) is 24.9. The number of H-pyrrole nitrogens is 1. The third-order valence-corrected chi connectivity index (χ3v) is 15.0. The van der Waals surface area contributed by atoms with Crippen LogP contribution in [0.2, 0.25) is 0 Å². The molecule has 0 aliphatic carbocycles. The monoisotopic (exact) mass is 1190 g/mol. The molecule has 1 N–H and O–H groups in total. The van der Waals surface area contributed by atoms with Crippen LogP contribution in [0.25, 0.3) is 0 Å². The summed E-state index contributed by atoms with van der Waals surface area (Å²) in [5.74, 6) is -56.6. The summed E-state index contributed by atoms with van der Waals surface area (Å²) in [6.45, 7) is 8.34. The molecular weight excluding hydrogens is 1140 g/mol. The Kier molecular flexibility index (Phi) is 19.7. The fourth-order valence-electron chi connectivity index (χ4n) is 8.51. The summed E-state index contributed by atoms with van der Waals surface area (Å²) >= 11 is 0. The Bertz CT molecular complexity index is 2830. The lowest BCUT2D eigenvalue weighted by atomic mass is 9.79. The van der Waals surface area contributed by atoms with E-state index >= 15 is 8.78 Å². The van der Waals surface area contributed by atoms with Crippen LogP contribution >= 0.6 is 8.53 Å². The Morgan fingerprint density at radius 3 is 1.59 bits per heavy atom. The molecule has 30 heteroatoms. The Balaban J connectivity index is 1.60. The van der Waals surface area contributed by atoms with Crippen LogP contribution in [0.15, 0.2) is 88.6 Å². The topological polar surface area (TPSA) is 137 Å². The van der Waals surface area contributed by atoms with Gasteiger partial charge in [-0.1, -0.05) is 48.5 Å². The van der Waals surface area contributed by atoms with Crippen molar-refractivity contribution >= 4 is 8.53 Å². The lowest BCUT2D eigenvalue weighted by molar-refractivity contribution is -0.461. The highest BCUT2D eigenvalue weighted by atomic mass is 31.2. The van der Waals surface area contributed by atoms with E-state index in [0.717, 1.165) is 28.8 Å². The number of aromatic amines is 1. The zero-order valence-electron chi connectivity index (χ0n) is 43.1. The highest BCUT2D eigenvalue weighted by molar-refractivity contribution is 7.44. The Hall–Kier alpha value is -5.53. The molecule has 1 aromatic heterocycles. The van der Waals surface area contributed by atoms with Gasteiger partial charge in [-0.05, 0) is 87.6 Å². The predicted molar refractivity (Wildman–Crippen MR) is 252 cm³/mol. The zero-order chi connectivity index (χ0) is 60.4. The molecule has 12 nitrogen and oxygen atoms in total. The van der Waals surface area contributed by atoms with Crippen LogP contribution in [0.4, 0.5) is 74.6 Å². The first kappa shape index (κ1) is 65.3. The molecular formula is C50H52F17N4O8P. The summed E-state index contributed by atoms with van der Waals surface area (Å²) in [7, 11) is 0.671. The van der Waals surface area contributed by atoms with Gasteiger partial charge in [-0.15, -0.1) is 0 Å². The molecule has 1 saturated heterocycles. The van der Waals surface area contributed by atoms with Crippen molar-refractivity contribution in [3.8, 4) is 17.6 Å². The van der Waals surface area contributed by atoms with Gasteiger partial charge in [0.05, 0.1) is 46.0 Å². The smallest absolute Gasteiger partial charge is 0.460 e. The van der Waals surface area contributed by atoms with E-state index in [1.54, 1.807) is 0 Å². The second-order valence-electron chi connectivity index (χ2n) is 18.8. The van der Waals surface area contributed by atoms with E-state index in [9.17, 15) is 80.7 Å².